The third-order valence-electron chi connectivity index (χ3n) is 3.70. The zero-order valence-electron chi connectivity index (χ0n) is 10.7. The van der Waals surface area contributed by atoms with Crippen molar-refractivity contribution in [2.45, 2.75) is 19.4 Å². The number of methoxy groups -OCH3 is 1. The topological polar surface area (TPSA) is 59.5 Å². The quantitative estimate of drug-likeness (QED) is 0.735. The molecule has 1 aromatic heterocycles. The second-order valence-electron chi connectivity index (χ2n) is 4.67. The molecule has 1 aliphatic rings. The van der Waals surface area contributed by atoms with Crippen molar-refractivity contribution in [3.8, 4) is 0 Å². The van der Waals surface area contributed by atoms with E-state index in [9.17, 15) is 9.59 Å². The van der Waals surface area contributed by atoms with Gasteiger partial charge < -0.3 is 9.64 Å². The highest BCUT2D eigenvalue weighted by Gasteiger charge is 2.56. The predicted molar refractivity (Wildman–Crippen MR) is 64.9 cm³/mol. The fraction of sp³-hybridized carbons (Fsp3) is 0.462. The molecule has 1 saturated heterocycles. The molecule has 18 heavy (non-hydrogen) atoms. The van der Waals surface area contributed by atoms with Crippen LogP contribution in [0, 0.1) is 5.92 Å². The minimum atomic E-state index is -0.886. The Labute approximate surface area is 106 Å². The van der Waals surface area contributed by atoms with Crippen molar-refractivity contribution in [2.75, 3.05) is 13.7 Å². The van der Waals surface area contributed by atoms with E-state index in [1.54, 1.807) is 31.3 Å². The van der Waals surface area contributed by atoms with Gasteiger partial charge in [-0.25, -0.2) is 4.79 Å². The van der Waals surface area contributed by atoms with E-state index < -0.39 is 5.54 Å². The largest absolute Gasteiger partial charge is 0.467 e. The summed E-state index contributed by atoms with van der Waals surface area (Å²) in [5.74, 6) is -0.537. The van der Waals surface area contributed by atoms with Gasteiger partial charge in [0, 0.05) is 18.7 Å². The van der Waals surface area contributed by atoms with E-state index in [1.807, 2.05) is 6.92 Å². The number of ether oxygens (including phenoxy) is 1. The number of carbonyl (C=O) groups is 2. The minimum Gasteiger partial charge on any atom is -0.467 e. The number of esters is 1. The number of aromatic nitrogens is 1. The number of carbonyl (C=O) groups excluding carboxylic acids is 2. The van der Waals surface area contributed by atoms with Crippen molar-refractivity contribution >= 4 is 11.9 Å². The molecule has 0 aromatic carbocycles. The summed E-state index contributed by atoms with van der Waals surface area (Å²) in [6.45, 7) is 4.20. The summed E-state index contributed by atoms with van der Waals surface area (Å²) in [6, 6.07) is 5.14. The van der Waals surface area contributed by atoms with Gasteiger partial charge in [0.05, 0.1) is 7.11 Å². The third-order valence-corrected chi connectivity index (χ3v) is 3.70. The molecule has 1 aliphatic heterocycles. The molecule has 0 N–H and O–H groups in total. The van der Waals surface area contributed by atoms with E-state index in [2.05, 4.69) is 4.98 Å². The first kappa shape index (κ1) is 12.5. The molecule has 0 aliphatic carbocycles. The van der Waals surface area contributed by atoms with Crippen LogP contribution in [0.3, 0.4) is 0 Å². The second kappa shape index (κ2) is 4.40. The van der Waals surface area contributed by atoms with Crippen LogP contribution < -0.4 is 0 Å². The first-order valence-corrected chi connectivity index (χ1v) is 5.83. The lowest BCUT2D eigenvalue weighted by atomic mass is 9.76. The highest BCUT2D eigenvalue weighted by molar-refractivity contribution is 5.98. The van der Waals surface area contributed by atoms with Gasteiger partial charge in [-0.05, 0) is 19.1 Å². The molecular formula is C13H16N2O3. The van der Waals surface area contributed by atoms with Gasteiger partial charge in [0.15, 0.2) is 0 Å². The van der Waals surface area contributed by atoms with E-state index in [4.69, 9.17) is 4.74 Å². The van der Waals surface area contributed by atoms with Gasteiger partial charge in [0.25, 0.3) is 5.91 Å². The molecule has 1 unspecified atom stereocenters. The maximum Gasteiger partial charge on any atom is 0.331 e. The van der Waals surface area contributed by atoms with Gasteiger partial charge in [-0.15, -0.1) is 0 Å². The molecule has 0 bridgehead atoms. The average molecular weight is 248 g/mol. The Balaban J connectivity index is 2.25. The summed E-state index contributed by atoms with van der Waals surface area (Å²) >= 11 is 0. The number of hydrogen-bond donors (Lipinski definition) is 0. The molecule has 2 atom stereocenters. The van der Waals surface area contributed by atoms with Crippen molar-refractivity contribution in [3.05, 3.63) is 30.1 Å². The molecule has 96 valence electrons. The smallest absolute Gasteiger partial charge is 0.331 e. The Morgan fingerprint density at radius 1 is 1.50 bits per heavy atom. The molecule has 1 fully saturated rings. The number of rotatable bonds is 2. The maximum atomic E-state index is 12.3. The van der Waals surface area contributed by atoms with E-state index in [1.165, 1.54) is 12.0 Å². The summed E-state index contributed by atoms with van der Waals surface area (Å²) in [4.78, 5) is 29.6. The fourth-order valence-corrected chi connectivity index (χ4v) is 2.23. The van der Waals surface area contributed by atoms with Crippen LogP contribution in [0.4, 0.5) is 0 Å². The predicted octanol–water partition coefficient (Wildman–Crippen LogP) is 1.11. The van der Waals surface area contributed by atoms with Crippen molar-refractivity contribution in [1.82, 2.24) is 9.88 Å². The maximum absolute atomic E-state index is 12.3. The summed E-state index contributed by atoms with van der Waals surface area (Å²) in [6.07, 6.45) is 1.56. The van der Waals surface area contributed by atoms with Gasteiger partial charge in [0.2, 0.25) is 0 Å². The molecule has 2 heterocycles. The van der Waals surface area contributed by atoms with Crippen molar-refractivity contribution in [1.29, 1.82) is 0 Å². The van der Waals surface area contributed by atoms with Gasteiger partial charge in [-0.3, -0.25) is 9.78 Å². The van der Waals surface area contributed by atoms with Gasteiger partial charge >= 0.3 is 5.97 Å². The van der Waals surface area contributed by atoms with Crippen molar-refractivity contribution in [2.24, 2.45) is 5.92 Å². The van der Waals surface area contributed by atoms with Gasteiger partial charge in [0.1, 0.15) is 11.2 Å². The van der Waals surface area contributed by atoms with Crippen LogP contribution >= 0.6 is 0 Å². The molecule has 5 nitrogen and oxygen atoms in total. The molecule has 0 radical (unpaired) electrons. The van der Waals surface area contributed by atoms with E-state index in [0.717, 1.165) is 0 Å². The highest BCUT2D eigenvalue weighted by atomic mass is 16.5. The molecular weight excluding hydrogens is 232 g/mol. The summed E-state index contributed by atoms with van der Waals surface area (Å²) in [5.41, 5.74) is -0.539. The van der Waals surface area contributed by atoms with Crippen LogP contribution in [0.2, 0.25) is 0 Å². The lowest BCUT2D eigenvalue weighted by molar-refractivity contribution is -0.166. The SMILES string of the molecule is COC(=O)[C@]1(C)C(C)CN1C(=O)c1ccccn1. The molecule has 5 heteroatoms. The minimum absolute atomic E-state index is 0.0811. The van der Waals surface area contributed by atoms with Crippen LogP contribution in [-0.4, -0.2) is 41.0 Å². The van der Waals surface area contributed by atoms with Crippen LogP contribution in [0.5, 0.6) is 0 Å². The van der Waals surface area contributed by atoms with Gasteiger partial charge in [-0.2, -0.15) is 0 Å². The van der Waals surface area contributed by atoms with Gasteiger partial charge in [-0.1, -0.05) is 13.0 Å². The zero-order valence-corrected chi connectivity index (χ0v) is 10.7. The first-order chi connectivity index (χ1) is 8.51. The standard InChI is InChI=1S/C13H16N2O3/c1-9-8-15(13(9,2)12(17)18-3)11(16)10-6-4-5-7-14-10/h4-7,9H,8H2,1-3H3/t9?,13-/m0/s1. The second-order valence-corrected chi connectivity index (χ2v) is 4.67. The molecule has 0 spiro atoms. The summed E-state index contributed by atoms with van der Waals surface area (Å²) < 4.78 is 4.79. The van der Waals surface area contributed by atoms with Crippen molar-refractivity contribution in [3.63, 3.8) is 0 Å². The summed E-state index contributed by atoms with van der Waals surface area (Å²) in [7, 11) is 1.34. The number of amides is 1. The van der Waals surface area contributed by atoms with Crippen LogP contribution in [0.15, 0.2) is 24.4 Å². The Kier molecular flexibility index (Phi) is 3.07. The molecule has 1 amide bonds. The summed E-state index contributed by atoms with van der Waals surface area (Å²) in [5, 5.41) is 0. The monoisotopic (exact) mass is 248 g/mol. The lowest BCUT2D eigenvalue weighted by Gasteiger charge is -2.53. The van der Waals surface area contributed by atoms with Crippen molar-refractivity contribution < 1.29 is 14.3 Å². The van der Waals surface area contributed by atoms with E-state index in [-0.39, 0.29) is 17.8 Å². The first-order valence-electron chi connectivity index (χ1n) is 5.83. The van der Waals surface area contributed by atoms with E-state index in [0.29, 0.717) is 12.2 Å². The van der Waals surface area contributed by atoms with Crippen LogP contribution in [-0.2, 0) is 9.53 Å². The number of pyridine rings is 1. The average Bonchev–Trinajstić information content (AvgIpc) is 2.43. The number of hydrogen-bond acceptors (Lipinski definition) is 4. The van der Waals surface area contributed by atoms with E-state index >= 15 is 0 Å². The lowest BCUT2D eigenvalue weighted by Crippen LogP contribution is -2.70. The van der Waals surface area contributed by atoms with Crippen LogP contribution in [0.1, 0.15) is 24.3 Å². The normalized spacial score (nSPS) is 26.4. The fourth-order valence-electron chi connectivity index (χ4n) is 2.23. The number of likely N-dealkylation sites (tertiary alicyclic amines) is 1. The third kappa shape index (κ3) is 1.66. The molecule has 2 rings (SSSR count). The van der Waals surface area contributed by atoms with Crippen LogP contribution in [0.25, 0.3) is 0 Å². The zero-order chi connectivity index (χ0) is 13.3. The Morgan fingerprint density at radius 2 is 2.22 bits per heavy atom. The number of nitrogens with zero attached hydrogens (tertiary/aromatic N) is 2. The Morgan fingerprint density at radius 3 is 2.72 bits per heavy atom. The highest BCUT2D eigenvalue weighted by Crippen LogP contribution is 2.38. The Bertz CT molecular complexity index is 474. The molecule has 1 aromatic rings. The Hall–Kier alpha value is -1.91. The molecule has 0 saturated carbocycles.